The first-order chi connectivity index (χ1) is 8.37. The topological polar surface area (TPSA) is 15.3 Å². The molecule has 0 saturated heterocycles. The Morgan fingerprint density at radius 3 is 2.67 bits per heavy atom. The molecule has 0 spiro atoms. The summed E-state index contributed by atoms with van der Waals surface area (Å²) in [6.45, 7) is 0.561. The van der Waals surface area contributed by atoms with Crippen molar-refractivity contribution in [3.8, 4) is 0 Å². The van der Waals surface area contributed by atoms with Crippen molar-refractivity contribution in [3.05, 3.63) is 34.9 Å². The predicted molar refractivity (Wildman–Crippen MR) is 66.7 cm³/mol. The quantitative estimate of drug-likeness (QED) is 0.806. The molecule has 0 aliphatic carbocycles. The molecule has 0 atom stereocenters. The number of rotatable bonds is 6. The lowest BCUT2D eigenvalue weighted by Crippen LogP contribution is -2.34. The fraction of sp³-hybridized carbons (Fsp3) is 0.500. The first kappa shape index (κ1) is 15.3. The molecule has 1 rings (SSSR count). The molecule has 0 aliphatic heterocycles. The molecule has 1 aromatic rings. The summed E-state index contributed by atoms with van der Waals surface area (Å²) in [6.07, 6.45) is -4.15. The van der Waals surface area contributed by atoms with Gasteiger partial charge in [0, 0.05) is 24.7 Å². The summed E-state index contributed by atoms with van der Waals surface area (Å²) in [5.74, 6) is 0. The van der Waals surface area contributed by atoms with Crippen LogP contribution in [0.5, 0.6) is 0 Å². The first-order valence-corrected chi connectivity index (χ1v) is 5.95. The van der Waals surface area contributed by atoms with Gasteiger partial charge in [0.05, 0.1) is 6.54 Å². The Kier molecular flexibility index (Phi) is 5.91. The normalized spacial score (nSPS) is 12.1. The van der Waals surface area contributed by atoms with Gasteiger partial charge in [0.15, 0.2) is 0 Å². The lowest BCUT2D eigenvalue weighted by molar-refractivity contribution is -0.124. The van der Waals surface area contributed by atoms with Gasteiger partial charge in [0.1, 0.15) is 0 Å². The van der Waals surface area contributed by atoms with Crippen LogP contribution in [0.15, 0.2) is 24.3 Å². The Balaban J connectivity index is 2.24. The van der Waals surface area contributed by atoms with Gasteiger partial charge in [0.25, 0.3) is 0 Å². The van der Waals surface area contributed by atoms with Gasteiger partial charge in [-0.05, 0) is 24.7 Å². The monoisotopic (exact) mass is 280 g/mol. The highest BCUT2D eigenvalue weighted by molar-refractivity contribution is 6.30. The molecular weight excluding hydrogens is 265 g/mol. The van der Waals surface area contributed by atoms with Crippen molar-refractivity contribution in [1.29, 1.82) is 0 Å². The predicted octanol–water partition coefficient (Wildman–Crippen LogP) is 2.92. The van der Waals surface area contributed by atoms with Gasteiger partial charge < -0.3 is 10.2 Å². The standard InChI is InChI=1S/C12H16ClF3N2/c1-18(6-5-17-9-12(14,15)16)8-10-3-2-4-11(13)7-10/h2-4,7,17H,5-6,8-9H2,1H3. The molecule has 18 heavy (non-hydrogen) atoms. The maximum absolute atomic E-state index is 11.9. The zero-order valence-electron chi connectivity index (χ0n) is 10.1. The number of halogens is 4. The van der Waals surface area contributed by atoms with E-state index in [1.807, 2.05) is 30.1 Å². The van der Waals surface area contributed by atoms with Gasteiger partial charge in [0.2, 0.25) is 0 Å². The van der Waals surface area contributed by atoms with Crippen LogP contribution in [0.3, 0.4) is 0 Å². The molecule has 0 fully saturated rings. The number of benzene rings is 1. The summed E-state index contributed by atoms with van der Waals surface area (Å²) in [7, 11) is 1.86. The van der Waals surface area contributed by atoms with Crippen LogP contribution >= 0.6 is 11.6 Å². The Labute approximate surface area is 110 Å². The van der Waals surface area contributed by atoms with E-state index in [9.17, 15) is 13.2 Å². The van der Waals surface area contributed by atoms with E-state index in [0.717, 1.165) is 5.56 Å². The molecule has 0 heterocycles. The summed E-state index contributed by atoms with van der Waals surface area (Å²) in [6, 6.07) is 7.43. The second-order valence-corrected chi connectivity index (χ2v) is 4.60. The molecule has 1 aromatic carbocycles. The van der Waals surface area contributed by atoms with E-state index in [4.69, 9.17) is 11.6 Å². The fourth-order valence-corrected chi connectivity index (χ4v) is 1.74. The maximum Gasteiger partial charge on any atom is 0.401 e. The molecule has 0 aromatic heterocycles. The van der Waals surface area contributed by atoms with Crippen LogP contribution in [0.1, 0.15) is 5.56 Å². The van der Waals surface area contributed by atoms with E-state index >= 15 is 0 Å². The number of hydrogen-bond donors (Lipinski definition) is 1. The zero-order valence-corrected chi connectivity index (χ0v) is 10.9. The second kappa shape index (κ2) is 6.97. The van der Waals surface area contributed by atoms with Gasteiger partial charge >= 0.3 is 6.18 Å². The van der Waals surface area contributed by atoms with Gasteiger partial charge in [-0.1, -0.05) is 23.7 Å². The van der Waals surface area contributed by atoms with Gasteiger partial charge in [-0.2, -0.15) is 13.2 Å². The highest BCUT2D eigenvalue weighted by Gasteiger charge is 2.25. The minimum Gasteiger partial charge on any atom is -0.307 e. The third-order valence-electron chi connectivity index (χ3n) is 2.34. The average Bonchev–Trinajstić information content (AvgIpc) is 2.23. The van der Waals surface area contributed by atoms with Crippen LogP contribution in [0.25, 0.3) is 0 Å². The highest BCUT2D eigenvalue weighted by atomic mass is 35.5. The number of alkyl halides is 3. The lowest BCUT2D eigenvalue weighted by atomic mass is 10.2. The largest absolute Gasteiger partial charge is 0.401 e. The first-order valence-electron chi connectivity index (χ1n) is 5.57. The fourth-order valence-electron chi connectivity index (χ4n) is 1.53. The number of nitrogens with zero attached hydrogens (tertiary/aromatic N) is 1. The highest BCUT2D eigenvalue weighted by Crippen LogP contribution is 2.13. The van der Waals surface area contributed by atoms with Crippen molar-refractivity contribution < 1.29 is 13.2 Å². The minimum absolute atomic E-state index is 0.302. The zero-order chi connectivity index (χ0) is 13.6. The van der Waals surface area contributed by atoms with E-state index < -0.39 is 12.7 Å². The molecule has 0 amide bonds. The van der Waals surface area contributed by atoms with Crippen molar-refractivity contribution in [2.24, 2.45) is 0 Å². The molecule has 102 valence electrons. The molecule has 2 nitrogen and oxygen atoms in total. The molecule has 0 radical (unpaired) electrons. The molecule has 1 N–H and O–H groups in total. The van der Waals surface area contributed by atoms with Crippen molar-refractivity contribution in [3.63, 3.8) is 0 Å². The Hall–Kier alpha value is -0.780. The summed E-state index contributed by atoms with van der Waals surface area (Å²) >= 11 is 5.85. The maximum atomic E-state index is 11.9. The minimum atomic E-state index is -4.15. The summed E-state index contributed by atoms with van der Waals surface area (Å²) < 4.78 is 35.6. The number of hydrogen-bond acceptors (Lipinski definition) is 2. The third-order valence-corrected chi connectivity index (χ3v) is 2.57. The Morgan fingerprint density at radius 2 is 2.06 bits per heavy atom. The van der Waals surface area contributed by atoms with Crippen LogP contribution in [-0.2, 0) is 6.54 Å². The van der Waals surface area contributed by atoms with Gasteiger partial charge in [-0.15, -0.1) is 0 Å². The summed E-state index contributed by atoms with van der Waals surface area (Å²) in [4.78, 5) is 1.94. The van der Waals surface area contributed by atoms with E-state index in [-0.39, 0.29) is 0 Å². The molecule has 6 heteroatoms. The molecule has 0 aliphatic rings. The Bertz CT molecular complexity index is 369. The molecule has 0 saturated carbocycles. The molecule has 0 bridgehead atoms. The van der Waals surface area contributed by atoms with Crippen LogP contribution in [0.2, 0.25) is 5.02 Å². The van der Waals surface area contributed by atoms with Gasteiger partial charge in [-0.3, -0.25) is 0 Å². The number of likely N-dealkylation sites (N-methyl/N-ethyl adjacent to an activating group) is 1. The second-order valence-electron chi connectivity index (χ2n) is 4.16. The third kappa shape index (κ3) is 6.83. The van der Waals surface area contributed by atoms with E-state index in [0.29, 0.717) is 24.7 Å². The van der Waals surface area contributed by atoms with E-state index in [1.165, 1.54) is 0 Å². The summed E-state index contributed by atoms with van der Waals surface area (Å²) in [5.41, 5.74) is 1.04. The SMILES string of the molecule is CN(CCNCC(F)(F)F)Cc1cccc(Cl)c1. The average molecular weight is 281 g/mol. The van der Waals surface area contributed by atoms with Crippen LogP contribution < -0.4 is 5.32 Å². The van der Waals surface area contributed by atoms with Crippen molar-refractivity contribution in [2.45, 2.75) is 12.7 Å². The van der Waals surface area contributed by atoms with Crippen molar-refractivity contribution in [1.82, 2.24) is 10.2 Å². The molecular formula is C12H16ClF3N2. The van der Waals surface area contributed by atoms with Crippen LogP contribution in [0, 0.1) is 0 Å². The van der Waals surface area contributed by atoms with Crippen LogP contribution in [0.4, 0.5) is 13.2 Å². The number of nitrogens with one attached hydrogen (secondary N) is 1. The molecule has 0 unspecified atom stereocenters. The van der Waals surface area contributed by atoms with Crippen molar-refractivity contribution in [2.75, 3.05) is 26.7 Å². The van der Waals surface area contributed by atoms with Gasteiger partial charge in [-0.25, -0.2) is 0 Å². The van der Waals surface area contributed by atoms with E-state index in [1.54, 1.807) is 6.07 Å². The van der Waals surface area contributed by atoms with Crippen LogP contribution in [-0.4, -0.2) is 37.8 Å². The van der Waals surface area contributed by atoms with E-state index in [2.05, 4.69) is 5.32 Å². The lowest BCUT2D eigenvalue weighted by Gasteiger charge is -2.17. The van der Waals surface area contributed by atoms with Crippen molar-refractivity contribution >= 4 is 11.6 Å². The Morgan fingerprint density at radius 1 is 1.33 bits per heavy atom. The smallest absolute Gasteiger partial charge is 0.307 e. The summed E-state index contributed by atoms with van der Waals surface area (Å²) in [5, 5.41) is 3.02.